The van der Waals surface area contributed by atoms with Gasteiger partial charge in [0, 0.05) is 6.07 Å². The second-order valence-electron chi connectivity index (χ2n) is 5.73. The zero-order valence-corrected chi connectivity index (χ0v) is 16.4. The van der Waals surface area contributed by atoms with Crippen LogP contribution < -0.4 is 9.47 Å². The van der Waals surface area contributed by atoms with Gasteiger partial charge >= 0.3 is 5.69 Å². The molecule has 1 aromatic carbocycles. The Kier molecular flexibility index (Phi) is 5.46. The normalized spacial score (nSPS) is 10.9. The highest BCUT2D eigenvalue weighted by Gasteiger charge is 2.29. The van der Waals surface area contributed by atoms with Crippen molar-refractivity contribution in [2.24, 2.45) is 0 Å². The minimum atomic E-state index is -0.798. The first kappa shape index (κ1) is 20.6. The largest absolute Gasteiger partial charge is 0.617 e. The number of methoxy groups -OCH3 is 1. The third-order valence-corrected chi connectivity index (χ3v) is 4.95. The van der Waals surface area contributed by atoms with Crippen molar-refractivity contribution >= 4 is 28.9 Å². The zero-order chi connectivity index (χ0) is 21.5. The fourth-order valence-electron chi connectivity index (χ4n) is 2.64. The monoisotopic (exact) mass is 442 g/mol. The van der Waals surface area contributed by atoms with Gasteiger partial charge in [0.2, 0.25) is 17.3 Å². The number of nitrogens with zero attached hydrogens (tertiary/aromatic N) is 4. The van der Waals surface area contributed by atoms with Crippen molar-refractivity contribution in [2.75, 3.05) is 7.11 Å². The van der Waals surface area contributed by atoms with Gasteiger partial charge in [-0.05, 0) is 30.2 Å². The van der Waals surface area contributed by atoms with Crippen molar-refractivity contribution in [2.45, 2.75) is 13.5 Å². The highest BCUT2D eigenvalue weighted by Crippen LogP contribution is 2.40. The Morgan fingerprint density at radius 1 is 1.38 bits per heavy atom. The van der Waals surface area contributed by atoms with E-state index in [1.807, 2.05) is 0 Å². The van der Waals surface area contributed by atoms with Gasteiger partial charge in [-0.15, -0.1) is 0 Å². The Morgan fingerprint density at radius 3 is 2.66 bits per heavy atom. The van der Waals surface area contributed by atoms with Crippen molar-refractivity contribution in [1.29, 1.82) is 0 Å². The predicted molar refractivity (Wildman–Crippen MR) is 99.7 cm³/mol. The summed E-state index contributed by atoms with van der Waals surface area (Å²) in [7, 11) is 1.22. The molecule has 0 spiro atoms. The summed E-state index contributed by atoms with van der Waals surface area (Å²) >= 11 is 12.2. The molecular weight excluding hydrogens is 431 g/mol. The van der Waals surface area contributed by atoms with Crippen molar-refractivity contribution < 1.29 is 29.1 Å². The number of phenolic OH excluding ortho intramolecular Hbond substituents is 1. The number of aliphatic hydroxyl groups is 1. The Morgan fingerprint density at radius 2 is 2.07 bits per heavy atom. The summed E-state index contributed by atoms with van der Waals surface area (Å²) in [6, 6.07) is 2.29. The topological polar surface area (TPSA) is 159 Å². The van der Waals surface area contributed by atoms with Gasteiger partial charge in [-0.2, -0.15) is 9.71 Å². The Labute approximate surface area is 172 Å². The first-order valence-corrected chi connectivity index (χ1v) is 8.57. The third-order valence-electron chi connectivity index (χ3n) is 4.11. The number of phenols is 1. The van der Waals surface area contributed by atoms with Crippen LogP contribution in [0.3, 0.4) is 0 Å². The number of nitro groups is 1. The molecule has 29 heavy (non-hydrogen) atoms. The van der Waals surface area contributed by atoms with Gasteiger partial charge < -0.3 is 24.7 Å². The molecule has 13 heteroatoms. The predicted octanol–water partition coefficient (Wildman–Crippen LogP) is 2.77. The highest BCUT2D eigenvalue weighted by atomic mass is 35.5. The van der Waals surface area contributed by atoms with Gasteiger partial charge in [0.1, 0.15) is 17.2 Å². The van der Waals surface area contributed by atoms with Crippen LogP contribution in [0.25, 0.3) is 22.8 Å². The molecule has 0 unspecified atom stereocenters. The fraction of sp³-hybridized carbons (Fsp3) is 0.188. The number of pyridine rings is 1. The van der Waals surface area contributed by atoms with E-state index in [1.165, 1.54) is 13.2 Å². The molecule has 0 fully saturated rings. The van der Waals surface area contributed by atoms with E-state index in [4.69, 9.17) is 32.5 Å². The molecule has 0 amide bonds. The summed E-state index contributed by atoms with van der Waals surface area (Å²) in [5, 5.41) is 46.0. The molecule has 2 aromatic heterocycles. The van der Waals surface area contributed by atoms with Gasteiger partial charge in [-0.25, -0.2) is 0 Å². The van der Waals surface area contributed by atoms with Gasteiger partial charge in [-0.3, -0.25) is 10.1 Å². The minimum Gasteiger partial charge on any atom is -0.617 e. The van der Waals surface area contributed by atoms with E-state index >= 15 is 0 Å². The average molecular weight is 443 g/mol. The molecule has 2 N–H and O–H groups in total. The maximum absolute atomic E-state index is 12.2. The zero-order valence-electron chi connectivity index (χ0n) is 14.8. The number of halogens is 2. The van der Waals surface area contributed by atoms with E-state index in [2.05, 4.69) is 10.1 Å². The summed E-state index contributed by atoms with van der Waals surface area (Å²) in [4.78, 5) is 14.5. The number of benzene rings is 1. The molecule has 3 rings (SSSR count). The second-order valence-corrected chi connectivity index (χ2v) is 6.47. The molecule has 0 atom stereocenters. The van der Waals surface area contributed by atoms with Gasteiger partial charge in [0.25, 0.3) is 11.0 Å². The number of nitro benzene ring substituents is 1. The van der Waals surface area contributed by atoms with Crippen molar-refractivity contribution in [3.05, 3.63) is 48.9 Å². The lowest BCUT2D eigenvalue weighted by Gasteiger charge is -2.11. The quantitative estimate of drug-likeness (QED) is 0.199. The molecule has 0 saturated heterocycles. The first-order chi connectivity index (χ1) is 13.7. The summed E-state index contributed by atoms with van der Waals surface area (Å²) < 4.78 is 10.3. The number of rotatable bonds is 5. The summed E-state index contributed by atoms with van der Waals surface area (Å²) in [5.74, 6) is -1.08. The van der Waals surface area contributed by atoms with Crippen LogP contribution in [0, 0.1) is 22.2 Å². The van der Waals surface area contributed by atoms with Crippen molar-refractivity contribution in [3.8, 4) is 34.3 Å². The third kappa shape index (κ3) is 3.39. The molecule has 0 radical (unpaired) electrons. The Bertz CT molecular complexity index is 1100. The lowest BCUT2D eigenvalue weighted by Crippen LogP contribution is -2.35. The number of hydrogen-bond donors (Lipinski definition) is 2. The van der Waals surface area contributed by atoms with E-state index in [1.54, 1.807) is 6.92 Å². The Balaban J connectivity index is 2.17. The number of aromatic hydroxyl groups is 1. The highest BCUT2D eigenvalue weighted by molar-refractivity contribution is 6.34. The minimum absolute atomic E-state index is 0.0183. The maximum Gasteiger partial charge on any atom is 0.315 e. The van der Waals surface area contributed by atoms with Crippen molar-refractivity contribution in [3.63, 3.8) is 0 Å². The SMILES string of the molecule is COc1cc(-c2nc(-c3c(C)c(Cl)c(CO)[n+]([O-])c3Cl)no2)cc([N+](=O)[O-])c1O. The summed E-state index contributed by atoms with van der Waals surface area (Å²) in [6.45, 7) is 0.921. The standard InChI is InChI=1S/C16H12Cl2N4O7/c1-6-11(14(18)21(25)9(5-23)12(6)17)15-19-16(29-20-15)7-3-8(22(26)27)13(24)10(4-7)28-2/h3-4,23-24H,5H2,1-2H3. The fourth-order valence-corrected chi connectivity index (χ4v) is 3.20. The van der Waals surface area contributed by atoms with Crippen LogP contribution in [-0.2, 0) is 6.61 Å². The summed E-state index contributed by atoms with van der Waals surface area (Å²) in [5.41, 5.74) is -0.276. The second kappa shape index (κ2) is 7.70. The van der Waals surface area contributed by atoms with E-state index in [9.17, 15) is 25.5 Å². The van der Waals surface area contributed by atoms with Gasteiger partial charge in [-0.1, -0.05) is 16.8 Å². The smallest absolute Gasteiger partial charge is 0.315 e. The van der Waals surface area contributed by atoms with Crippen LogP contribution in [0.15, 0.2) is 16.7 Å². The molecule has 0 aliphatic carbocycles. The Hall–Kier alpha value is -3.15. The number of ether oxygens (including phenoxy) is 1. The molecule has 2 heterocycles. The molecule has 11 nitrogen and oxygen atoms in total. The lowest BCUT2D eigenvalue weighted by atomic mass is 10.1. The van der Waals surface area contributed by atoms with E-state index in [0.717, 1.165) is 6.07 Å². The molecule has 0 aliphatic heterocycles. The molecule has 0 aliphatic rings. The van der Waals surface area contributed by atoms with E-state index in [0.29, 0.717) is 5.56 Å². The van der Waals surface area contributed by atoms with Crippen LogP contribution in [0.5, 0.6) is 11.5 Å². The van der Waals surface area contributed by atoms with Crippen LogP contribution >= 0.6 is 23.2 Å². The maximum atomic E-state index is 12.2. The number of aromatic nitrogens is 3. The van der Waals surface area contributed by atoms with Crippen LogP contribution in [0.2, 0.25) is 10.2 Å². The van der Waals surface area contributed by atoms with Crippen LogP contribution in [0.1, 0.15) is 11.3 Å². The molecule has 0 bridgehead atoms. The summed E-state index contributed by atoms with van der Waals surface area (Å²) in [6.07, 6.45) is 0. The number of hydrogen-bond acceptors (Lipinski definition) is 9. The van der Waals surface area contributed by atoms with E-state index < -0.39 is 23.0 Å². The average Bonchev–Trinajstić information content (AvgIpc) is 3.16. The van der Waals surface area contributed by atoms with Gasteiger partial charge in [0.05, 0.1) is 17.6 Å². The molecular formula is C16H12Cl2N4O7. The van der Waals surface area contributed by atoms with Crippen LogP contribution in [0.4, 0.5) is 5.69 Å². The molecule has 0 saturated carbocycles. The molecule has 3 aromatic rings. The first-order valence-electron chi connectivity index (χ1n) is 7.81. The van der Waals surface area contributed by atoms with Gasteiger partial charge in [0.15, 0.2) is 5.75 Å². The lowest BCUT2D eigenvalue weighted by molar-refractivity contribution is -0.613. The van der Waals surface area contributed by atoms with Crippen molar-refractivity contribution in [1.82, 2.24) is 10.1 Å². The molecule has 152 valence electrons. The van der Waals surface area contributed by atoms with E-state index in [-0.39, 0.29) is 49.2 Å². The van der Waals surface area contributed by atoms with Crippen LogP contribution in [-0.4, -0.2) is 32.4 Å². The number of aliphatic hydroxyl groups excluding tert-OH is 1.